The Bertz CT molecular complexity index is 3460. The van der Waals surface area contributed by atoms with Crippen LogP contribution in [-0.2, 0) is 95.7 Å². The summed E-state index contributed by atoms with van der Waals surface area (Å²) >= 11 is 3.66. The van der Waals surface area contributed by atoms with E-state index in [4.69, 9.17) is 18.9 Å². The van der Waals surface area contributed by atoms with Crippen molar-refractivity contribution in [2.24, 2.45) is 26.0 Å². The zero-order valence-corrected chi connectivity index (χ0v) is 56.5. The minimum Gasteiger partial charge on any atom is -0.465 e. The third kappa shape index (κ3) is 32.0. The molecule has 0 bridgehead atoms. The molecule has 44 heteroatoms. The Balaban J connectivity index is 1.59. The van der Waals surface area contributed by atoms with Gasteiger partial charge in [0.15, 0.2) is 22.8 Å². The van der Waals surface area contributed by atoms with E-state index < -0.39 is 192 Å². The quantitative estimate of drug-likeness (QED) is 0.0102. The smallest absolute Gasteiger partial charge is 0.437 e. The molecule has 0 aromatic heterocycles. The molecule has 4 aromatic rings. The van der Waals surface area contributed by atoms with E-state index >= 15 is 0 Å². The Morgan fingerprint density at radius 3 is 0.629 bits per heavy atom. The number of carbonyl (C=O) groups is 4. The van der Waals surface area contributed by atoms with Crippen molar-refractivity contribution in [1.29, 1.82) is 0 Å². The molecule has 536 valence electrons. The van der Waals surface area contributed by atoms with Crippen LogP contribution in [0.4, 0.5) is 52.7 Å². The maximum atomic E-state index is 13.7. The Labute approximate surface area is 562 Å². The minimum atomic E-state index is -5.17. The summed E-state index contributed by atoms with van der Waals surface area (Å²) in [6.45, 7) is -3.53. The summed E-state index contributed by atoms with van der Waals surface area (Å²) < 4.78 is 294. The third-order valence-electron chi connectivity index (χ3n) is 11.1. The molecule has 0 aliphatic heterocycles. The molecular weight excluding hydrogens is 1500 g/mol. The van der Waals surface area contributed by atoms with Gasteiger partial charge >= 0.3 is 89.1 Å². The van der Waals surface area contributed by atoms with Crippen LogP contribution in [0.1, 0.15) is 47.9 Å². The lowest BCUT2D eigenvalue weighted by Gasteiger charge is -2.31. The number of esters is 4. The lowest BCUT2D eigenvalue weighted by molar-refractivity contribution is -0.170. The van der Waals surface area contributed by atoms with E-state index in [2.05, 4.69) is 37.8 Å². The van der Waals surface area contributed by atoms with Crippen LogP contribution < -0.4 is 0 Å². The van der Waals surface area contributed by atoms with Gasteiger partial charge in [0.1, 0.15) is 31.8 Å². The van der Waals surface area contributed by atoms with Crippen molar-refractivity contribution in [1.82, 2.24) is 0 Å². The summed E-state index contributed by atoms with van der Waals surface area (Å²) in [4.78, 5) is 54.8. The number of benzene rings is 4. The fourth-order valence-electron chi connectivity index (χ4n) is 6.81. The first-order chi connectivity index (χ1) is 44.7. The lowest BCUT2D eigenvalue weighted by Crippen LogP contribution is -2.44. The summed E-state index contributed by atoms with van der Waals surface area (Å²) in [5.41, 5.74) is -11.2. The van der Waals surface area contributed by atoms with E-state index in [9.17, 15) is 106 Å². The van der Waals surface area contributed by atoms with E-state index in [-0.39, 0.29) is 42.6 Å². The van der Waals surface area contributed by atoms with Gasteiger partial charge in [-0.3, -0.25) is 36.3 Å². The van der Waals surface area contributed by atoms with Crippen molar-refractivity contribution < 1.29 is 142 Å². The Kier molecular flexibility index (Phi) is 30.3. The molecule has 0 amide bonds. The number of ether oxygens (including phenoxy) is 4. The maximum absolute atomic E-state index is 13.7. The molecule has 0 unspecified atom stereocenters. The normalized spacial score (nSPS) is 13.5. The highest BCUT2D eigenvalue weighted by Gasteiger charge is 2.42. The topological polar surface area (TPSA) is 328 Å². The molecule has 4 aromatic carbocycles. The fourth-order valence-corrected chi connectivity index (χ4v) is 11.0. The van der Waals surface area contributed by atoms with Gasteiger partial charge in [-0.2, -0.15) is 86.4 Å². The van der Waals surface area contributed by atoms with Gasteiger partial charge in [0, 0.05) is 64.8 Å². The number of alkyl halides is 12. The van der Waals surface area contributed by atoms with Crippen LogP contribution in [0.15, 0.2) is 137 Å². The molecule has 0 heterocycles. The van der Waals surface area contributed by atoms with Crippen molar-refractivity contribution >= 4 is 134 Å². The third-order valence-corrected chi connectivity index (χ3v) is 16.5. The highest BCUT2D eigenvalue weighted by atomic mass is 32.2. The molecule has 4 rings (SSSR count). The van der Waals surface area contributed by atoms with Gasteiger partial charge in [0.2, 0.25) is 0 Å². The molecule has 0 saturated carbocycles. The van der Waals surface area contributed by atoms with E-state index in [0.29, 0.717) is 25.0 Å². The Hall–Kier alpha value is -7.00. The predicted octanol–water partition coefficient (Wildman–Crippen LogP) is 9.85. The van der Waals surface area contributed by atoms with Gasteiger partial charge in [-0.05, 0) is 48.5 Å². The molecule has 0 spiro atoms. The summed E-state index contributed by atoms with van der Waals surface area (Å²) in [6, 6.07) is 16.8. The lowest BCUT2D eigenvalue weighted by atomic mass is 9.92. The van der Waals surface area contributed by atoms with Crippen molar-refractivity contribution in [2.75, 3.05) is 74.5 Å². The number of carbonyl (C=O) groups excluding carboxylic acids is 4. The summed E-state index contributed by atoms with van der Waals surface area (Å²) in [5, 5.41) is 10.9. The largest absolute Gasteiger partial charge is 0.465 e. The molecule has 0 aliphatic rings. The molecular formula is C53H52F12N4O20S8. The molecule has 0 N–H and O–H groups in total. The van der Waals surface area contributed by atoms with Crippen LogP contribution in [-0.4, -0.2) is 180 Å². The van der Waals surface area contributed by atoms with Gasteiger partial charge in [-0.1, -0.05) is 69.2 Å². The second-order valence-electron chi connectivity index (χ2n) is 19.5. The van der Waals surface area contributed by atoms with Gasteiger partial charge in [0.05, 0.1) is 50.7 Å². The molecule has 97 heavy (non-hydrogen) atoms. The Morgan fingerprint density at radius 1 is 0.320 bits per heavy atom. The van der Waals surface area contributed by atoms with Crippen LogP contribution in [0, 0.1) is 5.41 Å². The number of oxime groups is 4. The second kappa shape index (κ2) is 35.7. The average Bonchev–Trinajstić information content (AvgIpc) is 0.910. The number of nitrogens with zero attached hydrogens (tertiary/aromatic N) is 4. The van der Waals surface area contributed by atoms with E-state index in [1.807, 2.05) is 0 Å². The summed E-state index contributed by atoms with van der Waals surface area (Å²) in [6.07, 6.45) is -20.7. The minimum absolute atomic E-state index is 0.138. The number of rotatable bonds is 36. The van der Waals surface area contributed by atoms with E-state index in [1.54, 1.807) is 0 Å². The molecule has 0 fully saturated rings. The van der Waals surface area contributed by atoms with E-state index in [1.165, 1.54) is 48.5 Å². The van der Waals surface area contributed by atoms with Crippen LogP contribution in [0.2, 0.25) is 0 Å². The van der Waals surface area contributed by atoms with Gasteiger partial charge in [-0.25, -0.2) is 0 Å². The van der Waals surface area contributed by atoms with Crippen LogP contribution in [0.25, 0.3) is 0 Å². The van der Waals surface area contributed by atoms with Gasteiger partial charge in [-0.15, -0.1) is 47.0 Å². The number of hydrogen-bond donors (Lipinski definition) is 0. The van der Waals surface area contributed by atoms with Gasteiger partial charge in [0.25, 0.3) is 0 Å². The highest BCUT2D eigenvalue weighted by molar-refractivity contribution is 8.00. The van der Waals surface area contributed by atoms with Gasteiger partial charge < -0.3 is 18.9 Å². The monoisotopic (exact) mass is 1550 g/mol. The van der Waals surface area contributed by atoms with Crippen molar-refractivity contribution in [3.63, 3.8) is 0 Å². The second-order valence-corrected chi connectivity index (χ2v) is 30.4. The molecule has 24 nitrogen and oxygen atoms in total. The maximum Gasteiger partial charge on any atom is 0.437 e. The average molecular weight is 1550 g/mol. The summed E-state index contributed by atoms with van der Waals surface area (Å²) in [7, 11) is -17.8. The van der Waals surface area contributed by atoms with Crippen LogP contribution in [0.3, 0.4) is 0 Å². The number of hydrogen-bond acceptors (Lipinski definition) is 28. The standard InChI is InChI=1S/C53H52F12N4O20S8/c1-94(74,75)86-66-45(50(54,55)56)33-5-13-37(14-6-33)90-25-21-41(70)82-29-49(30-83-42(71)22-26-91-38-15-7-34(8-16-38)46(51(57,58)59)67-87-95(2,76)77,31-84-43(72)23-27-92-39-17-9-35(10-18-39)47(52(60,61)62)68-88-96(3,78)79)32-85-44(73)24-28-93-40-19-11-36(12-20-40)48(53(63,64)65)69-89-97(4,80)81/h5-20H,21-32H2,1-4H3/b66-45-,67-46-,68-47-,69-48-. The molecule has 0 atom stereocenters. The van der Waals surface area contributed by atoms with Crippen molar-refractivity contribution in [2.45, 2.75) is 70.0 Å². The fraction of sp³-hybridized carbons (Fsp3) is 0.396. The molecule has 0 saturated heterocycles. The molecule has 0 aliphatic carbocycles. The zero-order valence-electron chi connectivity index (χ0n) is 50.0. The first kappa shape index (κ1) is 82.4. The summed E-state index contributed by atoms with van der Waals surface area (Å²) in [5.74, 6) is -4.61. The zero-order chi connectivity index (χ0) is 72.9. The van der Waals surface area contributed by atoms with Crippen LogP contribution >= 0.6 is 47.0 Å². The van der Waals surface area contributed by atoms with Crippen molar-refractivity contribution in [3.05, 3.63) is 119 Å². The first-order valence-corrected chi connectivity index (χ1v) is 37.6. The van der Waals surface area contributed by atoms with Crippen molar-refractivity contribution in [3.8, 4) is 0 Å². The van der Waals surface area contributed by atoms with E-state index in [0.717, 1.165) is 95.6 Å². The van der Waals surface area contributed by atoms with Crippen LogP contribution in [0.5, 0.6) is 0 Å². The Morgan fingerprint density at radius 2 is 0.485 bits per heavy atom. The predicted molar refractivity (Wildman–Crippen MR) is 327 cm³/mol. The highest BCUT2D eigenvalue weighted by Crippen LogP contribution is 2.32. The SMILES string of the molecule is CS(=O)(=O)O/N=C(/c1ccc(SCCC(=O)OCC(COC(=O)CCSc2ccc(/C(=N/OS(C)(=O)=O)C(F)(F)F)cc2)(COC(=O)CCSc2ccc(/C(=N/OS(C)(=O)=O)C(F)(F)F)cc2)COC(=O)CCSc2ccc(/C(=N/OS(C)(=O)=O)C(F)(F)F)cc2)cc1)C(F)(F)F. The molecule has 0 radical (unpaired) electrons. The first-order valence-electron chi connectivity index (χ1n) is 26.4. The number of thioether (sulfide) groups is 4. The number of halogens is 12.